The van der Waals surface area contributed by atoms with Crippen molar-refractivity contribution in [2.75, 3.05) is 0 Å². The smallest absolute Gasteiger partial charge is 0.0665 e. The van der Waals surface area contributed by atoms with E-state index in [0.717, 1.165) is 12.2 Å². The second-order valence-corrected chi connectivity index (χ2v) is 4.96. The molecule has 0 aliphatic heterocycles. The maximum absolute atomic E-state index is 6.00. The topological polar surface area (TPSA) is 43.8 Å². The van der Waals surface area contributed by atoms with Crippen LogP contribution < -0.4 is 5.73 Å². The molecule has 2 rings (SSSR count). The van der Waals surface area contributed by atoms with Crippen molar-refractivity contribution in [1.82, 2.24) is 9.78 Å². The van der Waals surface area contributed by atoms with Gasteiger partial charge in [-0.15, -0.1) is 0 Å². The summed E-state index contributed by atoms with van der Waals surface area (Å²) in [5.74, 6) is 0. The van der Waals surface area contributed by atoms with E-state index < -0.39 is 0 Å². The maximum atomic E-state index is 6.00. The molecule has 96 valence electrons. The molecule has 0 fully saturated rings. The monoisotopic (exact) mass is 243 g/mol. The largest absolute Gasteiger partial charge is 0.324 e. The van der Waals surface area contributed by atoms with Gasteiger partial charge in [-0.05, 0) is 38.8 Å². The first kappa shape index (κ1) is 12.8. The fourth-order valence-corrected chi connectivity index (χ4v) is 2.47. The lowest BCUT2D eigenvalue weighted by molar-refractivity contribution is 0.654. The third kappa shape index (κ3) is 2.31. The summed E-state index contributed by atoms with van der Waals surface area (Å²) < 4.78 is 2.05. The lowest BCUT2D eigenvalue weighted by Crippen LogP contribution is -2.09. The molecule has 0 aliphatic rings. The number of hydrogen-bond donors (Lipinski definition) is 1. The van der Waals surface area contributed by atoms with Crippen LogP contribution in [0.3, 0.4) is 0 Å². The molecule has 3 nitrogen and oxygen atoms in total. The first-order chi connectivity index (χ1) is 8.50. The van der Waals surface area contributed by atoms with Gasteiger partial charge in [0.25, 0.3) is 0 Å². The van der Waals surface area contributed by atoms with Crippen molar-refractivity contribution in [1.29, 1.82) is 0 Å². The molecule has 1 aromatic carbocycles. The molecule has 0 saturated carbocycles. The summed E-state index contributed by atoms with van der Waals surface area (Å²) in [4.78, 5) is 0. The number of benzene rings is 1. The van der Waals surface area contributed by atoms with Crippen molar-refractivity contribution < 1.29 is 0 Å². The molecule has 0 aliphatic carbocycles. The Morgan fingerprint density at radius 2 is 1.89 bits per heavy atom. The zero-order valence-electron chi connectivity index (χ0n) is 11.6. The van der Waals surface area contributed by atoms with Gasteiger partial charge in [0.1, 0.15) is 0 Å². The summed E-state index contributed by atoms with van der Waals surface area (Å²) in [7, 11) is 0. The van der Waals surface area contributed by atoms with Crippen LogP contribution >= 0.6 is 0 Å². The van der Waals surface area contributed by atoms with Crippen molar-refractivity contribution in [3.05, 3.63) is 52.3 Å². The predicted molar refractivity (Wildman–Crippen MR) is 74.6 cm³/mol. The summed E-state index contributed by atoms with van der Waals surface area (Å²) in [6, 6.07) is 8.45. The van der Waals surface area contributed by atoms with Crippen LogP contribution in [0.15, 0.2) is 24.3 Å². The second-order valence-electron chi connectivity index (χ2n) is 4.96. The number of nitrogens with zero attached hydrogens (tertiary/aromatic N) is 2. The first-order valence-corrected chi connectivity index (χ1v) is 6.34. The van der Waals surface area contributed by atoms with Crippen molar-refractivity contribution in [3.8, 4) is 0 Å². The lowest BCUT2D eigenvalue weighted by atomic mass is 10.1. The quantitative estimate of drug-likeness (QED) is 0.900. The Balaban J connectivity index is 2.36. The Kier molecular flexibility index (Phi) is 3.53. The van der Waals surface area contributed by atoms with Crippen LogP contribution in [0.4, 0.5) is 0 Å². The van der Waals surface area contributed by atoms with E-state index in [0.29, 0.717) is 0 Å². The van der Waals surface area contributed by atoms with Gasteiger partial charge in [-0.2, -0.15) is 5.10 Å². The molecule has 1 unspecified atom stereocenters. The number of aromatic nitrogens is 2. The SMILES string of the molecule is Cc1ccccc1Cn1nc(C)c(C(C)N)c1C. The van der Waals surface area contributed by atoms with E-state index in [4.69, 9.17) is 5.73 Å². The minimum Gasteiger partial charge on any atom is -0.324 e. The van der Waals surface area contributed by atoms with Gasteiger partial charge < -0.3 is 5.73 Å². The van der Waals surface area contributed by atoms with Crippen LogP contribution in [-0.2, 0) is 6.54 Å². The van der Waals surface area contributed by atoms with Gasteiger partial charge in [0, 0.05) is 17.3 Å². The van der Waals surface area contributed by atoms with Crippen molar-refractivity contribution >= 4 is 0 Å². The summed E-state index contributed by atoms with van der Waals surface area (Å²) >= 11 is 0. The van der Waals surface area contributed by atoms with Gasteiger partial charge in [-0.3, -0.25) is 4.68 Å². The highest BCUT2D eigenvalue weighted by Gasteiger charge is 2.14. The minimum atomic E-state index is 0.0376. The van der Waals surface area contributed by atoms with Gasteiger partial charge in [-0.1, -0.05) is 24.3 Å². The highest BCUT2D eigenvalue weighted by Crippen LogP contribution is 2.20. The number of hydrogen-bond acceptors (Lipinski definition) is 2. The van der Waals surface area contributed by atoms with Crippen LogP contribution in [0.5, 0.6) is 0 Å². The van der Waals surface area contributed by atoms with Gasteiger partial charge in [0.05, 0.1) is 12.2 Å². The molecule has 2 N–H and O–H groups in total. The van der Waals surface area contributed by atoms with Crippen LogP contribution in [0.1, 0.15) is 41.0 Å². The fourth-order valence-electron chi connectivity index (χ4n) is 2.47. The lowest BCUT2D eigenvalue weighted by Gasteiger charge is -2.09. The zero-order valence-corrected chi connectivity index (χ0v) is 11.6. The van der Waals surface area contributed by atoms with Crippen LogP contribution in [0, 0.1) is 20.8 Å². The summed E-state index contributed by atoms with van der Waals surface area (Å²) in [5, 5.41) is 4.60. The number of nitrogens with two attached hydrogens (primary N) is 1. The summed E-state index contributed by atoms with van der Waals surface area (Å²) in [5.41, 5.74) is 12.0. The molecule has 2 aromatic rings. The highest BCUT2D eigenvalue weighted by molar-refractivity contribution is 5.30. The van der Waals surface area contributed by atoms with Crippen LogP contribution in [0.25, 0.3) is 0 Å². The van der Waals surface area contributed by atoms with E-state index >= 15 is 0 Å². The molecule has 0 bridgehead atoms. The molecule has 0 radical (unpaired) electrons. The Bertz CT molecular complexity index is 553. The fraction of sp³-hybridized carbons (Fsp3) is 0.400. The number of rotatable bonds is 3. The Morgan fingerprint density at radius 1 is 1.22 bits per heavy atom. The Labute approximate surface area is 109 Å². The second kappa shape index (κ2) is 4.94. The Hall–Kier alpha value is -1.61. The number of aryl methyl sites for hydroxylation is 2. The molecule has 1 aromatic heterocycles. The molecule has 3 heteroatoms. The average molecular weight is 243 g/mol. The van der Waals surface area contributed by atoms with Crippen molar-refractivity contribution in [2.24, 2.45) is 5.73 Å². The molecule has 0 saturated heterocycles. The molecule has 18 heavy (non-hydrogen) atoms. The molecule has 0 amide bonds. The van der Waals surface area contributed by atoms with E-state index in [2.05, 4.69) is 47.9 Å². The van der Waals surface area contributed by atoms with Gasteiger partial charge in [0.2, 0.25) is 0 Å². The van der Waals surface area contributed by atoms with Crippen LogP contribution in [-0.4, -0.2) is 9.78 Å². The third-order valence-corrected chi connectivity index (χ3v) is 3.47. The molecule has 1 atom stereocenters. The third-order valence-electron chi connectivity index (χ3n) is 3.47. The van der Waals surface area contributed by atoms with Gasteiger partial charge in [0.15, 0.2) is 0 Å². The summed E-state index contributed by atoms with van der Waals surface area (Å²) in [6.45, 7) is 9.08. The molecule has 0 spiro atoms. The van der Waals surface area contributed by atoms with Crippen LogP contribution in [0.2, 0.25) is 0 Å². The molecular weight excluding hydrogens is 222 g/mol. The molecular formula is C15H21N3. The summed E-state index contributed by atoms with van der Waals surface area (Å²) in [6.07, 6.45) is 0. The van der Waals surface area contributed by atoms with E-state index in [1.807, 2.05) is 13.8 Å². The van der Waals surface area contributed by atoms with E-state index in [1.165, 1.54) is 22.4 Å². The minimum absolute atomic E-state index is 0.0376. The van der Waals surface area contributed by atoms with E-state index in [1.54, 1.807) is 0 Å². The zero-order chi connectivity index (χ0) is 13.3. The first-order valence-electron chi connectivity index (χ1n) is 6.34. The van der Waals surface area contributed by atoms with Crippen molar-refractivity contribution in [2.45, 2.75) is 40.3 Å². The highest BCUT2D eigenvalue weighted by atomic mass is 15.3. The van der Waals surface area contributed by atoms with Gasteiger partial charge >= 0.3 is 0 Å². The maximum Gasteiger partial charge on any atom is 0.0665 e. The normalized spacial score (nSPS) is 12.7. The van der Waals surface area contributed by atoms with Gasteiger partial charge in [-0.25, -0.2) is 0 Å². The van der Waals surface area contributed by atoms with E-state index in [-0.39, 0.29) is 6.04 Å². The van der Waals surface area contributed by atoms with Crippen molar-refractivity contribution in [3.63, 3.8) is 0 Å². The average Bonchev–Trinajstić information content (AvgIpc) is 2.57. The molecule has 1 heterocycles. The predicted octanol–water partition coefficient (Wildman–Crippen LogP) is 2.88. The van der Waals surface area contributed by atoms with E-state index in [9.17, 15) is 0 Å². The standard InChI is InChI=1S/C15H21N3/c1-10-7-5-6-8-14(10)9-18-13(4)15(11(2)16)12(3)17-18/h5-8,11H,9,16H2,1-4H3. The Morgan fingerprint density at radius 3 is 2.44 bits per heavy atom.